The molecular weight excluding hydrogens is 350 g/mol. The van der Waals surface area contributed by atoms with Crippen molar-refractivity contribution in [3.8, 4) is 0 Å². The van der Waals surface area contributed by atoms with Gasteiger partial charge in [0.1, 0.15) is 0 Å². The first-order valence-electron chi connectivity index (χ1n) is 8.22. The van der Waals surface area contributed by atoms with Gasteiger partial charge in [0.05, 0.1) is 12.0 Å². The first-order chi connectivity index (χ1) is 11.1. The minimum absolute atomic E-state index is 0.225. The SMILES string of the molecule is CCCCC1(C)C(=O)N(Cc2ccccc2)c2ccc(Br)cc21. The molecule has 0 N–H and O–H groups in total. The van der Waals surface area contributed by atoms with Gasteiger partial charge in [-0.3, -0.25) is 4.79 Å². The Kier molecular flexibility index (Phi) is 4.58. The number of amides is 1. The molecule has 3 heteroatoms. The zero-order valence-electron chi connectivity index (χ0n) is 13.7. The Morgan fingerprint density at radius 2 is 1.87 bits per heavy atom. The van der Waals surface area contributed by atoms with Gasteiger partial charge in [0.25, 0.3) is 0 Å². The normalized spacial score (nSPS) is 20.0. The summed E-state index contributed by atoms with van der Waals surface area (Å²) < 4.78 is 1.04. The molecular formula is C20H22BrNO. The lowest BCUT2D eigenvalue weighted by Crippen LogP contribution is -2.37. The van der Waals surface area contributed by atoms with Gasteiger partial charge < -0.3 is 4.90 Å². The van der Waals surface area contributed by atoms with E-state index >= 15 is 0 Å². The van der Waals surface area contributed by atoms with Crippen molar-refractivity contribution in [1.82, 2.24) is 0 Å². The first kappa shape index (κ1) is 16.3. The molecule has 1 amide bonds. The molecule has 0 spiro atoms. The Morgan fingerprint density at radius 1 is 1.13 bits per heavy atom. The van der Waals surface area contributed by atoms with Gasteiger partial charge in [-0.05, 0) is 42.7 Å². The van der Waals surface area contributed by atoms with Crippen LogP contribution < -0.4 is 4.90 Å². The summed E-state index contributed by atoms with van der Waals surface area (Å²) in [6.45, 7) is 4.91. The van der Waals surface area contributed by atoms with Gasteiger partial charge in [0, 0.05) is 10.2 Å². The van der Waals surface area contributed by atoms with E-state index < -0.39 is 5.41 Å². The van der Waals surface area contributed by atoms with Crippen molar-refractivity contribution < 1.29 is 4.79 Å². The lowest BCUT2D eigenvalue weighted by Gasteiger charge is -2.24. The van der Waals surface area contributed by atoms with E-state index in [1.54, 1.807) is 0 Å². The molecule has 3 rings (SSSR count). The van der Waals surface area contributed by atoms with Gasteiger partial charge in [-0.25, -0.2) is 0 Å². The van der Waals surface area contributed by atoms with Crippen LogP contribution in [0.15, 0.2) is 53.0 Å². The average molecular weight is 372 g/mol. The molecule has 1 unspecified atom stereocenters. The smallest absolute Gasteiger partial charge is 0.237 e. The number of rotatable bonds is 5. The fourth-order valence-electron chi connectivity index (χ4n) is 3.40. The van der Waals surface area contributed by atoms with Crippen molar-refractivity contribution in [3.63, 3.8) is 0 Å². The van der Waals surface area contributed by atoms with Crippen LogP contribution in [0.4, 0.5) is 5.69 Å². The Labute approximate surface area is 146 Å². The van der Waals surface area contributed by atoms with Crippen molar-refractivity contribution >= 4 is 27.5 Å². The number of benzene rings is 2. The third kappa shape index (κ3) is 2.94. The summed E-state index contributed by atoms with van der Waals surface area (Å²) in [5.74, 6) is 0.225. The third-order valence-corrected chi connectivity index (χ3v) is 5.27. The summed E-state index contributed by atoms with van der Waals surface area (Å²) in [5.41, 5.74) is 2.96. The van der Waals surface area contributed by atoms with E-state index in [-0.39, 0.29) is 5.91 Å². The lowest BCUT2D eigenvalue weighted by molar-refractivity contribution is -0.123. The van der Waals surface area contributed by atoms with Crippen molar-refractivity contribution in [3.05, 3.63) is 64.1 Å². The van der Waals surface area contributed by atoms with E-state index in [0.717, 1.165) is 40.5 Å². The summed E-state index contributed by atoms with van der Waals surface area (Å²) in [6, 6.07) is 16.4. The second-order valence-electron chi connectivity index (χ2n) is 6.47. The maximum absolute atomic E-state index is 13.2. The van der Waals surface area contributed by atoms with E-state index in [0.29, 0.717) is 6.54 Å². The van der Waals surface area contributed by atoms with Gasteiger partial charge >= 0.3 is 0 Å². The Morgan fingerprint density at radius 3 is 2.57 bits per heavy atom. The van der Waals surface area contributed by atoms with E-state index in [9.17, 15) is 4.79 Å². The fourth-order valence-corrected chi connectivity index (χ4v) is 3.76. The predicted octanol–water partition coefficient (Wildman–Crippen LogP) is 5.44. The van der Waals surface area contributed by atoms with Crippen LogP contribution in [-0.4, -0.2) is 5.91 Å². The van der Waals surface area contributed by atoms with Crippen LogP contribution in [0, 0.1) is 0 Å². The van der Waals surface area contributed by atoms with Crippen molar-refractivity contribution in [2.24, 2.45) is 0 Å². The van der Waals surface area contributed by atoms with Crippen LogP contribution >= 0.6 is 15.9 Å². The van der Waals surface area contributed by atoms with Crippen LogP contribution in [0.1, 0.15) is 44.2 Å². The molecule has 0 radical (unpaired) electrons. The van der Waals surface area contributed by atoms with Gasteiger partial charge in [0.15, 0.2) is 0 Å². The number of hydrogen-bond acceptors (Lipinski definition) is 1. The summed E-state index contributed by atoms with van der Waals surface area (Å²) >= 11 is 3.56. The molecule has 0 aliphatic carbocycles. The quantitative estimate of drug-likeness (QED) is 0.684. The topological polar surface area (TPSA) is 20.3 Å². The van der Waals surface area contributed by atoms with Crippen LogP contribution in [-0.2, 0) is 16.8 Å². The minimum Gasteiger partial charge on any atom is -0.307 e. The zero-order chi connectivity index (χ0) is 16.4. The minimum atomic E-state index is -0.413. The fraction of sp³-hybridized carbons (Fsp3) is 0.350. The largest absolute Gasteiger partial charge is 0.307 e. The number of anilines is 1. The average Bonchev–Trinajstić information content (AvgIpc) is 2.76. The molecule has 23 heavy (non-hydrogen) atoms. The van der Waals surface area contributed by atoms with Crippen LogP contribution in [0.25, 0.3) is 0 Å². The molecule has 120 valence electrons. The van der Waals surface area contributed by atoms with E-state index in [1.807, 2.05) is 29.2 Å². The molecule has 0 aromatic heterocycles. The number of carbonyl (C=O) groups is 1. The molecule has 1 aliphatic heterocycles. The number of unbranched alkanes of at least 4 members (excludes halogenated alkanes) is 1. The summed E-state index contributed by atoms with van der Waals surface area (Å²) in [4.78, 5) is 15.2. The summed E-state index contributed by atoms with van der Waals surface area (Å²) in [5, 5.41) is 0. The number of fused-ring (bicyclic) bond motifs is 1. The molecule has 1 aliphatic rings. The highest BCUT2D eigenvalue weighted by Gasteiger charge is 2.46. The number of halogens is 1. The van der Waals surface area contributed by atoms with Crippen LogP contribution in [0.3, 0.4) is 0 Å². The van der Waals surface area contributed by atoms with Gasteiger partial charge in [-0.2, -0.15) is 0 Å². The Bertz CT molecular complexity index is 713. The molecule has 0 saturated carbocycles. The second-order valence-corrected chi connectivity index (χ2v) is 7.39. The zero-order valence-corrected chi connectivity index (χ0v) is 15.3. The van der Waals surface area contributed by atoms with Gasteiger partial charge in [-0.1, -0.05) is 66.0 Å². The Balaban J connectivity index is 2.01. The first-order valence-corrected chi connectivity index (χ1v) is 9.01. The molecule has 0 saturated heterocycles. The van der Waals surface area contributed by atoms with E-state index in [4.69, 9.17) is 0 Å². The van der Waals surface area contributed by atoms with Crippen molar-refractivity contribution in [2.75, 3.05) is 4.90 Å². The molecule has 0 bridgehead atoms. The van der Waals surface area contributed by atoms with E-state index in [1.165, 1.54) is 0 Å². The third-order valence-electron chi connectivity index (χ3n) is 4.77. The second kappa shape index (κ2) is 6.48. The van der Waals surface area contributed by atoms with E-state index in [2.05, 4.69) is 54.0 Å². The standard InChI is InChI=1S/C20H22BrNO/c1-3-4-12-20(2)17-13-16(21)10-11-18(17)22(19(20)23)14-15-8-6-5-7-9-15/h5-11,13H,3-4,12,14H2,1-2H3. The molecule has 2 nitrogen and oxygen atoms in total. The molecule has 2 aromatic carbocycles. The highest BCUT2D eigenvalue weighted by atomic mass is 79.9. The van der Waals surface area contributed by atoms with Gasteiger partial charge in [-0.15, -0.1) is 0 Å². The lowest BCUT2D eigenvalue weighted by atomic mass is 9.79. The van der Waals surface area contributed by atoms with Crippen molar-refractivity contribution in [1.29, 1.82) is 0 Å². The molecule has 1 heterocycles. The number of nitrogens with zero attached hydrogens (tertiary/aromatic N) is 1. The van der Waals surface area contributed by atoms with Crippen LogP contribution in [0.5, 0.6) is 0 Å². The predicted molar refractivity (Wildman–Crippen MR) is 98.7 cm³/mol. The molecule has 0 fully saturated rings. The highest BCUT2D eigenvalue weighted by molar-refractivity contribution is 9.10. The highest BCUT2D eigenvalue weighted by Crippen LogP contribution is 2.46. The monoisotopic (exact) mass is 371 g/mol. The maximum Gasteiger partial charge on any atom is 0.237 e. The van der Waals surface area contributed by atoms with Gasteiger partial charge in [0.2, 0.25) is 5.91 Å². The maximum atomic E-state index is 13.2. The van der Waals surface area contributed by atoms with Crippen molar-refractivity contribution in [2.45, 2.75) is 45.1 Å². The summed E-state index contributed by atoms with van der Waals surface area (Å²) in [6.07, 6.45) is 3.06. The van der Waals surface area contributed by atoms with Crippen LogP contribution in [0.2, 0.25) is 0 Å². The summed E-state index contributed by atoms with van der Waals surface area (Å²) in [7, 11) is 0. The number of carbonyl (C=O) groups excluding carboxylic acids is 1. The molecule has 1 atom stereocenters. The Hall–Kier alpha value is -1.61. The molecule has 2 aromatic rings. The number of hydrogen-bond donors (Lipinski definition) is 0.